The Kier molecular flexibility index (Phi) is 5.13. The fourth-order valence-corrected chi connectivity index (χ4v) is 2.66. The van der Waals surface area contributed by atoms with Crippen LogP contribution in [0, 0.1) is 11.8 Å². The van der Waals surface area contributed by atoms with Crippen LogP contribution in [0.1, 0.15) is 45.7 Å². The molecule has 0 saturated carbocycles. The van der Waals surface area contributed by atoms with E-state index in [1.807, 2.05) is 12.3 Å². The third-order valence-electron chi connectivity index (χ3n) is 4.21. The van der Waals surface area contributed by atoms with E-state index in [-0.39, 0.29) is 0 Å². The van der Waals surface area contributed by atoms with E-state index in [1.165, 1.54) is 10.9 Å². The van der Waals surface area contributed by atoms with Crippen LogP contribution in [0.3, 0.4) is 0 Å². The number of nitrogens with one attached hydrogen (secondary N) is 1. The number of benzene rings is 1. The number of hydrogen-bond acceptors (Lipinski definition) is 2. The molecule has 0 spiro atoms. The Morgan fingerprint density at radius 2 is 1.90 bits per heavy atom. The smallest absolute Gasteiger partial charge is 0.0705 e. The molecule has 2 rings (SSSR count). The van der Waals surface area contributed by atoms with Crippen LogP contribution >= 0.6 is 0 Å². The molecule has 2 nitrogen and oxygen atoms in total. The molecule has 2 aromatic rings. The number of nitrogens with zero attached hydrogens (tertiary/aromatic N) is 1. The molecule has 0 saturated heterocycles. The first-order chi connectivity index (χ1) is 9.65. The van der Waals surface area contributed by atoms with Gasteiger partial charge in [0.05, 0.1) is 5.52 Å². The van der Waals surface area contributed by atoms with Gasteiger partial charge in [-0.25, -0.2) is 0 Å². The van der Waals surface area contributed by atoms with Gasteiger partial charge in [-0.2, -0.15) is 0 Å². The minimum Gasteiger partial charge on any atom is -0.310 e. The normalized spacial score (nSPS) is 14.7. The molecule has 0 aliphatic heterocycles. The van der Waals surface area contributed by atoms with Gasteiger partial charge in [-0.15, -0.1) is 0 Å². The van der Waals surface area contributed by atoms with Crippen molar-refractivity contribution in [3.63, 3.8) is 0 Å². The lowest BCUT2D eigenvalue weighted by Crippen LogP contribution is -2.30. The molecule has 2 heteroatoms. The Morgan fingerprint density at radius 3 is 2.60 bits per heavy atom. The van der Waals surface area contributed by atoms with Crippen LogP contribution in [0.2, 0.25) is 0 Å². The second-order valence-corrected chi connectivity index (χ2v) is 5.95. The molecular formula is C18H26N2. The fourth-order valence-electron chi connectivity index (χ4n) is 2.66. The summed E-state index contributed by atoms with van der Waals surface area (Å²) in [7, 11) is 0. The summed E-state index contributed by atoms with van der Waals surface area (Å²) in [6, 6.07) is 11.1. The summed E-state index contributed by atoms with van der Waals surface area (Å²) in [5.74, 6) is 1.24. The van der Waals surface area contributed by atoms with Gasteiger partial charge in [0, 0.05) is 17.6 Å². The first-order valence-electron chi connectivity index (χ1n) is 7.72. The van der Waals surface area contributed by atoms with Crippen molar-refractivity contribution >= 4 is 10.9 Å². The summed E-state index contributed by atoms with van der Waals surface area (Å²) in [4.78, 5) is 4.48. The Morgan fingerprint density at radius 1 is 1.10 bits per heavy atom. The average Bonchev–Trinajstić information content (AvgIpc) is 2.47. The molecule has 20 heavy (non-hydrogen) atoms. The third kappa shape index (κ3) is 3.18. The van der Waals surface area contributed by atoms with Gasteiger partial charge < -0.3 is 5.32 Å². The van der Waals surface area contributed by atoms with Crippen molar-refractivity contribution in [3.8, 4) is 0 Å². The van der Waals surface area contributed by atoms with E-state index in [9.17, 15) is 0 Å². The van der Waals surface area contributed by atoms with Crippen molar-refractivity contribution in [1.29, 1.82) is 0 Å². The maximum Gasteiger partial charge on any atom is 0.0705 e. The topological polar surface area (TPSA) is 24.9 Å². The predicted molar refractivity (Wildman–Crippen MR) is 86.8 cm³/mol. The van der Waals surface area contributed by atoms with E-state index in [0.717, 1.165) is 18.5 Å². The van der Waals surface area contributed by atoms with Crippen molar-refractivity contribution in [3.05, 3.63) is 42.1 Å². The zero-order valence-electron chi connectivity index (χ0n) is 13.1. The summed E-state index contributed by atoms with van der Waals surface area (Å²) in [5, 5.41) is 5.01. The lowest BCUT2D eigenvalue weighted by molar-refractivity contribution is 0.305. The molecule has 0 amide bonds. The summed E-state index contributed by atoms with van der Waals surface area (Å²) < 4.78 is 0. The molecule has 108 valence electrons. The van der Waals surface area contributed by atoms with E-state index in [0.29, 0.717) is 17.9 Å². The zero-order chi connectivity index (χ0) is 14.5. The number of rotatable bonds is 6. The van der Waals surface area contributed by atoms with E-state index in [1.54, 1.807) is 0 Å². The Hall–Kier alpha value is -1.41. The van der Waals surface area contributed by atoms with Gasteiger partial charge in [-0.3, -0.25) is 4.98 Å². The van der Waals surface area contributed by atoms with E-state index in [4.69, 9.17) is 0 Å². The standard InChI is InChI=1S/C18H26N2/c1-5-11-20-18(14(4)13(2)3)16-8-6-10-17-15(16)9-7-12-19-17/h6-10,12-14,18,20H,5,11H2,1-4H3. The first-order valence-corrected chi connectivity index (χ1v) is 7.72. The van der Waals surface area contributed by atoms with E-state index >= 15 is 0 Å². The average molecular weight is 270 g/mol. The van der Waals surface area contributed by atoms with E-state index < -0.39 is 0 Å². The van der Waals surface area contributed by atoms with Crippen molar-refractivity contribution in [1.82, 2.24) is 10.3 Å². The van der Waals surface area contributed by atoms with Gasteiger partial charge in [0.25, 0.3) is 0 Å². The maximum absolute atomic E-state index is 4.48. The largest absolute Gasteiger partial charge is 0.310 e. The Bertz CT molecular complexity index is 543. The van der Waals surface area contributed by atoms with Crippen LogP contribution in [0.4, 0.5) is 0 Å². The van der Waals surface area contributed by atoms with Gasteiger partial charge in [-0.1, -0.05) is 45.9 Å². The lowest BCUT2D eigenvalue weighted by atomic mass is 9.84. The van der Waals surface area contributed by atoms with Crippen molar-refractivity contribution in [2.24, 2.45) is 11.8 Å². The monoisotopic (exact) mass is 270 g/mol. The van der Waals surface area contributed by atoms with Gasteiger partial charge in [0.1, 0.15) is 0 Å². The molecule has 1 N–H and O–H groups in total. The van der Waals surface area contributed by atoms with Gasteiger partial charge in [0.15, 0.2) is 0 Å². The third-order valence-corrected chi connectivity index (χ3v) is 4.21. The Balaban J connectivity index is 2.44. The van der Waals surface area contributed by atoms with Crippen LogP contribution in [-0.2, 0) is 0 Å². The van der Waals surface area contributed by atoms with Crippen LogP contribution in [0.25, 0.3) is 10.9 Å². The molecule has 2 atom stereocenters. The molecule has 0 aliphatic rings. The highest BCUT2D eigenvalue weighted by Crippen LogP contribution is 2.31. The summed E-state index contributed by atoms with van der Waals surface area (Å²) in [6.07, 6.45) is 3.02. The highest BCUT2D eigenvalue weighted by molar-refractivity contribution is 5.82. The summed E-state index contributed by atoms with van der Waals surface area (Å²) in [6.45, 7) is 10.2. The predicted octanol–water partition coefficient (Wildman–Crippen LogP) is 4.57. The van der Waals surface area contributed by atoms with Gasteiger partial charge >= 0.3 is 0 Å². The highest BCUT2D eigenvalue weighted by Gasteiger charge is 2.22. The van der Waals surface area contributed by atoms with Gasteiger partial charge in [0.2, 0.25) is 0 Å². The van der Waals surface area contributed by atoms with Crippen molar-refractivity contribution < 1.29 is 0 Å². The highest BCUT2D eigenvalue weighted by atomic mass is 14.9. The molecule has 1 heterocycles. The SMILES string of the molecule is CCCNC(c1cccc2ncccc12)C(C)C(C)C. The van der Waals surface area contributed by atoms with Crippen molar-refractivity contribution in [2.75, 3.05) is 6.54 Å². The minimum atomic E-state index is 0.392. The molecular weight excluding hydrogens is 244 g/mol. The van der Waals surface area contributed by atoms with Crippen LogP contribution in [0.5, 0.6) is 0 Å². The minimum absolute atomic E-state index is 0.392. The molecule has 0 fully saturated rings. The van der Waals surface area contributed by atoms with Gasteiger partial charge in [-0.05, 0) is 42.5 Å². The van der Waals surface area contributed by atoms with Crippen LogP contribution in [-0.4, -0.2) is 11.5 Å². The number of hydrogen-bond donors (Lipinski definition) is 1. The van der Waals surface area contributed by atoms with Crippen molar-refractivity contribution in [2.45, 2.75) is 40.2 Å². The molecule has 1 aromatic carbocycles. The molecule has 1 aromatic heterocycles. The zero-order valence-corrected chi connectivity index (χ0v) is 13.1. The number of aromatic nitrogens is 1. The van der Waals surface area contributed by atoms with E-state index in [2.05, 4.69) is 62.3 Å². The van der Waals surface area contributed by atoms with Crippen LogP contribution < -0.4 is 5.32 Å². The summed E-state index contributed by atoms with van der Waals surface area (Å²) >= 11 is 0. The number of fused-ring (bicyclic) bond motifs is 1. The summed E-state index contributed by atoms with van der Waals surface area (Å²) in [5.41, 5.74) is 2.47. The first kappa shape index (κ1) is 15.0. The molecule has 0 bridgehead atoms. The fraction of sp³-hybridized carbons (Fsp3) is 0.500. The quantitative estimate of drug-likeness (QED) is 0.832. The van der Waals surface area contributed by atoms with Crippen LogP contribution in [0.15, 0.2) is 36.5 Å². The maximum atomic E-state index is 4.48. The number of pyridine rings is 1. The molecule has 0 aliphatic carbocycles. The molecule has 2 unspecified atom stereocenters. The molecule has 0 radical (unpaired) electrons. The second-order valence-electron chi connectivity index (χ2n) is 5.95. The second kappa shape index (κ2) is 6.85. The lowest BCUT2D eigenvalue weighted by Gasteiger charge is -2.29. The Labute approximate surface area is 122 Å².